The largest absolute Gasteiger partial charge is 0.391 e. The van der Waals surface area contributed by atoms with E-state index in [0.29, 0.717) is 32.4 Å². The van der Waals surface area contributed by atoms with Crippen molar-refractivity contribution in [3.05, 3.63) is 0 Å². The normalized spacial score (nSPS) is 26.0. The molecule has 7 N–H and O–H groups in total. The number of amides is 4. The SMILES string of the molecule is C[C@@H](O)[C@H](N)C(=O)N1CCC[C@H]1C(=O)N1CC[C@H](C(=O)N[C@H](C(N)=O)[C@@H](C)O)C1. The van der Waals surface area contributed by atoms with Gasteiger partial charge in [-0.1, -0.05) is 0 Å². The molecule has 0 radical (unpaired) electrons. The van der Waals surface area contributed by atoms with Crippen LogP contribution in [0.15, 0.2) is 0 Å². The summed E-state index contributed by atoms with van der Waals surface area (Å²) in [7, 11) is 0. The Morgan fingerprint density at radius 2 is 1.72 bits per heavy atom. The number of carbonyl (C=O) groups excluding carboxylic acids is 4. The fraction of sp³-hybridized carbons (Fsp3) is 0.778. The van der Waals surface area contributed by atoms with Crippen LogP contribution >= 0.6 is 0 Å². The number of carbonyl (C=O) groups is 4. The van der Waals surface area contributed by atoms with Crippen molar-refractivity contribution < 1.29 is 29.4 Å². The first-order chi connectivity index (χ1) is 13.5. The molecule has 2 saturated heterocycles. The maximum absolute atomic E-state index is 12.9. The van der Waals surface area contributed by atoms with Crippen molar-refractivity contribution in [2.75, 3.05) is 19.6 Å². The molecular formula is C18H31N5O6. The van der Waals surface area contributed by atoms with E-state index < -0.39 is 54.0 Å². The Labute approximate surface area is 169 Å². The predicted octanol–water partition coefficient (Wildman–Crippen LogP) is -3.12. The third-order valence-corrected chi connectivity index (χ3v) is 5.58. The van der Waals surface area contributed by atoms with Crippen molar-refractivity contribution in [3.63, 3.8) is 0 Å². The minimum absolute atomic E-state index is 0.150. The van der Waals surface area contributed by atoms with E-state index in [-0.39, 0.29) is 12.5 Å². The molecule has 11 heteroatoms. The van der Waals surface area contributed by atoms with Crippen LogP contribution in [0.4, 0.5) is 0 Å². The van der Waals surface area contributed by atoms with E-state index in [1.807, 2.05) is 0 Å². The van der Waals surface area contributed by atoms with E-state index in [1.54, 1.807) is 0 Å². The van der Waals surface area contributed by atoms with Gasteiger partial charge in [0.25, 0.3) is 0 Å². The molecule has 2 rings (SSSR count). The fourth-order valence-corrected chi connectivity index (χ4v) is 3.77. The van der Waals surface area contributed by atoms with Crippen molar-refractivity contribution in [1.29, 1.82) is 0 Å². The van der Waals surface area contributed by atoms with E-state index in [0.717, 1.165) is 0 Å². The summed E-state index contributed by atoms with van der Waals surface area (Å²) in [5.41, 5.74) is 10.9. The van der Waals surface area contributed by atoms with Gasteiger partial charge in [-0.05, 0) is 33.1 Å². The standard InChI is InChI=1S/C18H31N5O6/c1-9(24)13(19)18(29)23-6-3-4-12(23)17(28)22-7-5-11(8-22)16(27)21-14(10(2)25)15(20)26/h9-14,24-25H,3-8,19H2,1-2H3,(H2,20,26)(H,21,27)/t9-,10-,11+,12+,13+,14+/m1/s1. The molecule has 0 saturated carbocycles. The van der Waals surface area contributed by atoms with E-state index in [9.17, 15) is 29.4 Å². The number of nitrogens with two attached hydrogens (primary N) is 2. The van der Waals surface area contributed by atoms with Crippen LogP contribution in [-0.4, -0.2) is 93.6 Å². The van der Waals surface area contributed by atoms with Gasteiger partial charge >= 0.3 is 0 Å². The number of nitrogens with one attached hydrogen (secondary N) is 1. The van der Waals surface area contributed by atoms with Gasteiger partial charge in [0.05, 0.1) is 18.1 Å². The zero-order valence-corrected chi connectivity index (χ0v) is 16.8. The van der Waals surface area contributed by atoms with Gasteiger partial charge < -0.3 is 36.8 Å². The number of aliphatic hydroxyl groups is 2. The van der Waals surface area contributed by atoms with Crippen LogP contribution in [0.3, 0.4) is 0 Å². The minimum atomic E-state index is -1.20. The third-order valence-electron chi connectivity index (χ3n) is 5.58. The molecule has 0 unspecified atom stereocenters. The molecular weight excluding hydrogens is 382 g/mol. The van der Waals surface area contributed by atoms with Crippen LogP contribution < -0.4 is 16.8 Å². The molecule has 2 heterocycles. The summed E-state index contributed by atoms with van der Waals surface area (Å²) in [5, 5.41) is 21.6. The van der Waals surface area contributed by atoms with Crippen molar-refractivity contribution in [2.24, 2.45) is 17.4 Å². The lowest BCUT2D eigenvalue weighted by Crippen LogP contribution is -2.55. The number of hydrogen-bond acceptors (Lipinski definition) is 7. The molecule has 0 aromatic rings. The lowest BCUT2D eigenvalue weighted by atomic mass is 10.1. The second kappa shape index (κ2) is 9.51. The Balaban J connectivity index is 1.98. The highest BCUT2D eigenvalue weighted by Crippen LogP contribution is 2.24. The number of rotatable bonds is 7. The molecule has 6 atom stereocenters. The van der Waals surface area contributed by atoms with Gasteiger partial charge in [-0.15, -0.1) is 0 Å². The van der Waals surface area contributed by atoms with Crippen LogP contribution in [0.25, 0.3) is 0 Å². The highest BCUT2D eigenvalue weighted by Gasteiger charge is 2.42. The van der Waals surface area contributed by atoms with Crippen LogP contribution in [-0.2, 0) is 19.2 Å². The summed E-state index contributed by atoms with van der Waals surface area (Å²) in [6.07, 6.45) is -0.605. The summed E-state index contributed by atoms with van der Waals surface area (Å²) in [6.45, 7) is 3.66. The Morgan fingerprint density at radius 1 is 1.07 bits per heavy atom. The molecule has 0 bridgehead atoms. The molecule has 0 aromatic heterocycles. The first kappa shape index (κ1) is 23.0. The van der Waals surface area contributed by atoms with E-state index in [2.05, 4.69) is 5.32 Å². The quantitative estimate of drug-likeness (QED) is 0.293. The van der Waals surface area contributed by atoms with Crippen LogP contribution in [0, 0.1) is 5.92 Å². The highest BCUT2D eigenvalue weighted by atomic mass is 16.3. The van der Waals surface area contributed by atoms with Crippen LogP contribution in [0.1, 0.15) is 33.1 Å². The molecule has 2 aliphatic heterocycles. The van der Waals surface area contributed by atoms with Gasteiger partial charge in [0.1, 0.15) is 18.1 Å². The van der Waals surface area contributed by atoms with Crippen LogP contribution in [0.2, 0.25) is 0 Å². The molecule has 0 aliphatic carbocycles. The highest BCUT2D eigenvalue weighted by molar-refractivity contribution is 5.92. The average molecular weight is 413 g/mol. The average Bonchev–Trinajstić information content (AvgIpc) is 3.32. The van der Waals surface area contributed by atoms with E-state index in [1.165, 1.54) is 23.6 Å². The Kier molecular flexibility index (Phi) is 7.55. The fourth-order valence-electron chi connectivity index (χ4n) is 3.77. The number of hydrogen-bond donors (Lipinski definition) is 5. The lowest BCUT2D eigenvalue weighted by Gasteiger charge is -2.30. The summed E-state index contributed by atoms with van der Waals surface area (Å²) >= 11 is 0. The van der Waals surface area contributed by atoms with Crippen LogP contribution in [0.5, 0.6) is 0 Å². The maximum atomic E-state index is 12.9. The van der Waals surface area contributed by atoms with Gasteiger partial charge in [0, 0.05) is 19.6 Å². The number of primary amides is 1. The zero-order valence-electron chi connectivity index (χ0n) is 16.8. The third kappa shape index (κ3) is 5.22. The molecule has 2 fully saturated rings. The van der Waals surface area contributed by atoms with Gasteiger partial charge in [-0.3, -0.25) is 19.2 Å². The smallest absolute Gasteiger partial charge is 0.245 e. The first-order valence-corrected chi connectivity index (χ1v) is 9.85. The van der Waals surface area contributed by atoms with Gasteiger partial charge in [-0.25, -0.2) is 0 Å². The lowest BCUT2D eigenvalue weighted by molar-refractivity contribution is -0.145. The Hall–Kier alpha value is -2.24. The zero-order chi connectivity index (χ0) is 21.9. The van der Waals surface area contributed by atoms with Crippen molar-refractivity contribution in [1.82, 2.24) is 15.1 Å². The topological polar surface area (TPSA) is 179 Å². The van der Waals surface area contributed by atoms with Gasteiger partial charge in [0.15, 0.2) is 0 Å². The summed E-state index contributed by atoms with van der Waals surface area (Å²) in [6, 6.07) is -2.95. The summed E-state index contributed by atoms with van der Waals surface area (Å²) in [5.74, 6) is -2.56. The monoisotopic (exact) mass is 413 g/mol. The molecule has 29 heavy (non-hydrogen) atoms. The van der Waals surface area contributed by atoms with Crippen molar-refractivity contribution in [3.8, 4) is 0 Å². The number of likely N-dealkylation sites (tertiary alicyclic amines) is 2. The predicted molar refractivity (Wildman–Crippen MR) is 102 cm³/mol. The molecule has 11 nitrogen and oxygen atoms in total. The molecule has 0 spiro atoms. The van der Waals surface area contributed by atoms with Gasteiger partial charge in [0.2, 0.25) is 23.6 Å². The molecule has 4 amide bonds. The molecule has 0 aromatic carbocycles. The molecule has 164 valence electrons. The number of aliphatic hydroxyl groups excluding tert-OH is 2. The van der Waals surface area contributed by atoms with Crippen molar-refractivity contribution >= 4 is 23.6 Å². The summed E-state index contributed by atoms with van der Waals surface area (Å²) < 4.78 is 0. The maximum Gasteiger partial charge on any atom is 0.245 e. The number of nitrogens with zero attached hydrogens (tertiary/aromatic N) is 2. The van der Waals surface area contributed by atoms with E-state index in [4.69, 9.17) is 11.5 Å². The minimum Gasteiger partial charge on any atom is -0.391 e. The Bertz CT molecular complexity index is 655. The van der Waals surface area contributed by atoms with Crippen molar-refractivity contribution in [2.45, 2.75) is 63.4 Å². The van der Waals surface area contributed by atoms with Gasteiger partial charge in [-0.2, -0.15) is 0 Å². The second-order valence-electron chi connectivity index (χ2n) is 7.86. The second-order valence-corrected chi connectivity index (χ2v) is 7.86. The summed E-state index contributed by atoms with van der Waals surface area (Å²) in [4.78, 5) is 52.1. The first-order valence-electron chi connectivity index (χ1n) is 9.85. The van der Waals surface area contributed by atoms with E-state index >= 15 is 0 Å². The molecule has 2 aliphatic rings. The Morgan fingerprint density at radius 3 is 2.28 bits per heavy atom.